The molecule has 0 spiro atoms. The van der Waals surface area contributed by atoms with E-state index < -0.39 is 0 Å². The number of hydrogen-bond donors (Lipinski definition) is 0. The first-order valence-electron chi connectivity index (χ1n) is 5.63. The number of aromatic nitrogens is 2. The zero-order chi connectivity index (χ0) is 13.0. The summed E-state index contributed by atoms with van der Waals surface area (Å²) in [6.07, 6.45) is 0. The Balaban J connectivity index is 2.22. The minimum absolute atomic E-state index is 0.585. The Hall–Kier alpha value is -1.86. The lowest BCUT2D eigenvalue weighted by molar-refractivity contribution is 0.923. The summed E-state index contributed by atoms with van der Waals surface area (Å²) in [7, 11) is 0. The van der Waals surface area contributed by atoms with E-state index in [4.69, 9.17) is 5.26 Å². The van der Waals surface area contributed by atoms with Gasteiger partial charge in [0.05, 0.1) is 5.69 Å². The molecule has 90 valence electrons. The molecule has 4 heteroatoms. The minimum Gasteiger partial charge on any atom is -0.237 e. The highest BCUT2D eigenvalue weighted by Crippen LogP contribution is 2.25. The molecule has 0 bridgehead atoms. The molecule has 3 nitrogen and oxygen atoms in total. The topological polar surface area (TPSA) is 49.6 Å². The maximum atomic E-state index is 9.14. The number of aryl methyl sites for hydroxylation is 2. The molecule has 2 aromatic rings. The van der Waals surface area contributed by atoms with Crippen molar-refractivity contribution in [2.75, 3.05) is 0 Å². The summed E-state index contributed by atoms with van der Waals surface area (Å²) in [6, 6.07) is 12.3. The molecule has 0 saturated carbocycles. The standard InChI is InChI=1S/C14H13N3S/c1-10-13(8-15)14(17-11(2)16-10)18-9-12-6-4-3-5-7-12/h3-7H,9H2,1-2H3. The maximum absolute atomic E-state index is 9.14. The predicted molar refractivity (Wildman–Crippen MR) is 72.2 cm³/mol. The highest BCUT2D eigenvalue weighted by molar-refractivity contribution is 7.98. The zero-order valence-corrected chi connectivity index (χ0v) is 11.2. The van der Waals surface area contributed by atoms with Crippen LogP contribution in [0.15, 0.2) is 35.4 Å². The molecule has 1 aromatic carbocycles. The molecule has 18 heavy (non-hydrogen) atoms. The van der Waals surface area contributed by atoms with Crippen molar-refractivity contribution in [2.45, 2.75) is 24.6 Å². The van der Waals surface area contributed by atoms with Gasteiger partial charge >= 0.3 is 0 Å². The van der Waals surface area contributed by atoms with Crippen molar-refractivity contribution in [3.8, 4) is 6.07 Å². The van der Waals surface area contributed by atoms with E-state index in [0.717, 1.165) is 16.5 Å². The molecule has 0 aliphatic carbocycles. The Morgan fingerprint density at radius 3 is 2.56 bits per heavy atom. The number of hydrogen-bond acceptors (Lipinski definition) is 4. The van der Waals surface area contributed by atoms with Gasteiger partial charge in [0.1, 0.15) is 22.5 Å². The first-order chi connectivity index (χ1) is 8.70. The van der Waals surface area contributed by atoms with Crippen molar-refractivity contribution in [1.29, 1.82) is 5.26 Å². The van der Waals surface area contributed by atoms with Crippen molar-refractivity contribution in [2.24, 2.45) is 0 Å². The van der Waals surface area contributed by atoms with Crippen LogP contribution >= 0.6 is 11.8 Å². The van der Waals surface area contributed by atoms with Gasteiger partial charge in [0, 0.05) is 5.75 Å². The number of thioether (sulfide) groups is 1. The van der Waals surface area contributed by atoms with Crippen molar-refractivity contribution < 1.29 is 0 Å². The largest absolute Gasteiger partial charge is 0.237 e. The second-order valence-corrected chi connectivity index (χ2v) is 4.89. The molecule has 0 unspecified atom stereocenters. The van der Waals surface area contributed by atoms with Gasteiger partial charge in [0.25, 0.3) is 0 Å². The number of rotatable bonds is 3. The SMILES string of the molecule is Cc1nc(C)c(C#N)c(SCc2ccccc2)n1. The average Bonchev–Trinajstić information content (AvgIpc) is 2.37. The van der Waals surface area contributed by atoms with Crippen LogP contribution in [-0.4, -0.2) is 9.97 Å². The average molecular weight is 255 g/mol. The molecule has 0 saturated heterocycles. The Morgan fingerprint density at radius 1 is 1.17 bits per heavy atom. The molecule has 0 aliphatic rings. The first-order valence-corrected chi connectivity index (χ1v) is 6.61. The third kappa shape index (κ3) is 2.88. The van der Waals surface area contributed by atoms with Gasteiger partial charge in [-0.3, -0.25) is 0 Å². The highest BCUT2D eigenvalue weighted by Gasteiger charge is 2.10. The minimum atomic E-state index is 0.585. The summed E-state index contributed by atoms with van der Waals surface area (Å²) in [4.78, 5) is 8.56. The lowest BCUT2D eigenvalue weighted by atomic mass is 10.2. The van der Waals surface area contributed by atoms with Gasteiger partial charge in [-0.05, 0) is 19.4 Å². The van der Waals surface area contributed by atoms with Crippen LogP contribution in [0.2, 0.25) is 0 Å². The van der Waals surface area contributed by atoms with Gasteiger partial charge in [0.15, 0.2) is 0 Å². The summed E-state index contributed by atoms with van der Waals surface area (Å²) < 4.78 is 0. The quantitative estimate of drug-likeness (QED) is 0.624. The molecule has 1 aromatic heterocycles. The molecule has 0 radical (unpaired) electrons. The van der Waals surface area contributed by atoms with E-state index in [1.165, 1.54) is 5.56 Å². The molecule has 0 atom stereocenters. The van der Waals surface area contributed by atoms with Gasteiger partial charge in [-0.25, -0.2) is 9.97 Å². The molecular formula is C14H13N3S. The fourth-order valence-corrected chi connectivity index (χ4v) is 2.67. The van der Waals surface area contributed by atoms with Crippen LogP contribution in [0.3, 0.4) is 0 Å². The molecule has 0 N–H and O–H groups in total. The second kappa shape index (κ2) is 5.65. The van der Waals surface area contributed by atoms with Gasteiger partial charge in [-0.2, -0.15) is 5.26 Å². The monoisotopic (exact) mass is 255 g/mol. The third-order valence-corrected chi connectivity index (χ3v) is 3.55. The summed E-state index contributed by atoms with van der Waals surface area (Å²) >= 11 is 1.58. The van der Waals surface area contributed by atoms with E-state index in [0.29, 0.717) is 11.4 Å². The summed E-state index contributed by atoms with van der Waals surface area (Å²) in [6.45, 7) is 3.69. The molecule has 0 fully saturated rings. The fraction of sp³-hybridized carbons (Fsp3) is 0.214. The third-order valence-electron chi connectivity index (χ3n) is 2.50. The molecule has 1 heterocycles. The van der Waals surface area contributed by atoms with E-state index >= 15 is 0 Å². The van der Waals surface area contributed by atoms with Crippen LogP contribution in [0.1, 0.15) is 22.6 Å². The lowest BCUT2D eigenvalue weighted by Crippen LogP contribution is -1.99. The van der Waals surface area contributed by atoms with Crippen molar-refractivity contribution in [1.82, 2.24) is 9.97 Å². The Labute approximate surface area is 111 Å². The number of nitriles is 1. The van der Waals surface area contributed by atoms with Gasteiger partial charge in [0.2, 0.25) is 0 Å². The maximum Gasteiger partial charge on any atom is 0.126 e. The highest BCUT2D eigenvalue weighted by atomic mass is 32.2. The van der Waals surface area contributed by atoms with Crippen molar-refractivity contribution in [3.63, 3.8) is 0 Å². The molecular weight excluding hydrogens is 242 g/mol. The van der Waals surface area contributed by atoms with E-state index in [2.05, 4.69) is 28.2 Å². The summed E-state index contributed by atoms with van der Waals surface area (Å²) in [5.74, 6) is 1.52. The lowest BCUT2D eigenvalue weighted by Gasteiger charge is -2.06. The smallest absolute Gasteiger partial charge is 0.126 e. The van der Waals surface area contributed by atoms with Crippen molar-refractivity contribution in [3.05, 3.63) is 53.0 Å². The van der Waals surface area contributed by atoms with E-state index in [-0.39, 0.29) is 0 Å². The summed E-state index contributed by atoms with van der Waals surface area (Å²) in [5.41, 5.74) is 2.56. The Bertz CT molecular complexity index is 588. The molecule has 0 aliphatic heterocycles. The summed E-state index contributed by atoms with van der Waals surface area (Å²) in [5, 5.41) is 9.91. The zero-order valence-electron chi connectivity index (χ0n) is 10.3. The Kier molecular flexibility index (Phi) is 3.96. The van der Waals surface area contributed by atoms with Crippen LogP contribution in [0, 0.1) is 25.2 Å². The second-order valence-electron chi connectivity index (χ2n) is 3.92. The van der Waals surface area contributed by atoms with E-state index in [1.807, 2.05) is 32.0 Å². The fourth-order valence-electron chi connectivity index (χ4n) is 1.64. The van der Waals surface area contributed by atoms with Gasteiger partial charge < -0.3 is 0 Å². The van der Waals surface area contributed by atoms with Crippen LogP contribution in [0.4, 0.5) is 0 Å². The van der Waals surface area contributed by atoms with E-state index in [9.17, 15) is 0 Å². The van der Waals surface area contributed by atoms with Crippen LogP contribution < -0.4 is 0 Å². The van der Waals surface area contributed by atoms with Crippen molar-refractivity contribution >= 4 is 11.8 Å². The Morgan fingerprint density at radius 2 is 1.89 bits per heavy atom. The van der Waals surface area contributed by atoms with Gasteiger partial charge in [-0.1, -0.05) is 30.3 Å². The first kappa shape index (κ1) is 12.6. The normalized spacial score (nSPS) is 10.1. The van der Waals surface area contributed by atoms with Gasteiger partial charge in [-0.15, -0.1) is 11.8 Å². The van der Waals surface area contributed by atoms with Crippen LogP contribution in [0.5, 0.6) is 0 Å². The van der Waals surface area contributed by atoms with E-state index in [1.54, 1.807) is 11.8 Å². The molecule has 2 rings (SSSR count). The number of benzene rings is 1. The van der Waals surface area contributed by atoms with Crippen LogP contribution in [0.25, 0.3) is 0 Å². The van der Waals surface area contributed by atoms with Crippen LogP contribution in [-0.2, 0) is 5.75 Å². The molecule has 0 amide bonds. The number of nitrogens with zero attached hydrogens (tertiary/aromatic N) is 3. The predicted octanol–water partition coefficient (Wildman–Crippen LogP) is 3.26.